The van der Waals surface area contributed by atoms with Gasteiger partial charge in [-0.15, -0.1) is 0 Å². The summed E-state index contributed by atoms with van der Waals surface area (Å²) in [6.07, 6.45) is 3.60. The zero-order valence-electron chi connectivity index (χ0n) is 14.8. The van der Waals surface area contributed by atoms with E-state index in [-0.39, 0.29) is 17.1 Å². The normalized spacial score (nSPS) is 33.3. The molecule has 0 amide bonds. The van der Waals surface area contributed by atoms with Crippen LogP contribution in [0.3, 0.4) is 0 Å². The Hall–Kier alpha value is -1.33. The van der Waals surface area contributed by atoms with Gasteiger partial charge in [0.2, 0.25) is 0 Å². The quantitative estimate of drug-likeness (QED) is 0.760. The number of hydrogen-bond acceptors (Lipinski definition) is 3. The van der Waals surface area contributed by atoms with Crippen molar-refractivity contribution >= 4 is 7.12 Å². The Bertz CT molecular complexity index is 684. The molecule has 3 aliphatic rings. The molecule has 1 aliphatic carbocycles. The van der Waals surface area contributed by atoms with E-state index in [2.05, 4.69) is 6.07 Å². The lowest BCUT2D eigenvalue weighted by Gasteiger charge is -2.32. The van der Waals surface area contributed by atoms with Gasteiger partial charge in [-0.2, -0.15) is 0 Å². The van der Waals surface area contributed by atoms with Gasteiger partial charge in [-0.25, -0.2) is 4.39 Å². The standard InChI is InChI=1S/C19H24BFO3/c1-17(2)18(3,4)24-20(23-17)16(21)11-13-12-19(13)9-10-22-15-8-6-5-7-14(15)19/h5-8,11,13H,9-10,12H2,1-4H3. The van der Waals surface area contributed by atoms with Crippen molar-refractivity contribution in [1.82, 2.24) is 0 Å². The van der Waals surface area contributed by atoms with E-state index in [1.54, 1.807) is 6.08 Å². The van der Waals surface area contributed by atoms with Crippen LogP contribution in [0.1, 0.15) is 46.1 Å². The lowest BCUT2D eigenvalue weighted by atomic mass is 9.84. The molecule has 0 N–H and O–H groups in total. The highest BCUT2D eigenvalue weighted by molar-refractivity contribution is 6.53. The molecule has 2 aliphatic heterocycles. The summed E-state index contributed by atoms with van der Waals surface area (Å²) in [4.78, 5) is 0. The van der Waals surface area contributed by atoms with E-state index in [4.69, 9.17) is 14.0 Å². The summed E-state index contributed by atoms with van der Waals surface area (Å²) >= 11 is 0. The average molecular weight is 330 g/mol. The summed E-state index contributed by atoms with van der Waals surface area (Å²) in [5.74, 6) is 1.12. The minimum atomic E-state index is -0.900. The predicted octanol–water partition coefficient (Wildman–Crippen LogP) is 4.21. The van der Waals surface area contributed by atoms with Crippen molar-refractivity contribution in [2.24, 2.45) is 5.92 Å². The summed E-state index contributed by atoms with van der Waals surface area (Å²) in [7, 11) is -0.900. The van der Waals surface area contributed by atoms with Crippen LogP contribution in [0.15, 0.2) is 36.1 Å². The third-order valence-corrected chi connectivity index (χ3v) is 6.20. The molecule has 4 rings (SSSR count). The molecule has 3 nitrogen and oxygen atoms in total. The van der Waals surface area contributed by atoms with Crippen molar-refractivity contribution in [3.05, 3.63) is 41.6 Å². The maximum atomic E-state index is 14.8. The highest BCUT2D eigenvalue weighted by atomic mass is 19.1. The molecule has 128 valence electrons. The van der Waals surface area contributed by atoms with Crippen LogP contribution in [-0.4, -0.2) is 24.9 Å². The molecule has 5 heteroatoms. The predicted molar refractivity (Wildman–Crippen MR) is 91.6 cm³/mol. The summed E-state index contributed by atoms with van der Waals surface area (Å²) in [6, 6.07) is 8.12. The number of para-hydroxylation sites is 1. The molecule has 24 heavy (non-hydrogen) atoms. The number of fused-ring (bicyclic) bond motifs is 2. The van der Waals surface area contributed by atoms with Crippen LogP contribution in [0.5, 0.6) is 5.75 Å². The third-order valence-electron chi connectivity index (χ3n) is 6.20. The first kappa shape index (κ1) is 16.2. The van der Waals surface area contributed by atoms with Crippen molar-refractivity contribution < 1.29 is 18.4 Å². The Morgan fingerprint density at radius 3 is 2.54 bits per heavy atom. The Kier molecular flexibility index (Phi) is 3.43. The molecule has 1 aromatic carbocycles. The molecule has 2 unspecified atom stereocenters. The van der Waals surface area contributed by atoms with E-state index < -0.39 is 18.3 Å². The third kappa shape index (κ3) is 2.32. The number of halogens is 1. The second-order valence-corrected chi connectivity index (χ2v) is 8.20. The van der Waals surface area contributed by atoms with Gasteiger partial charge in [0.1, 0.15) is 11.5 Å². The first-order valence-electron chi connectivity index (χ1n) is 8.70. The smallest absolute Gasteiger partial charge is 0.493 e. The summed E-state index contributed by atoms with van der Waals surface area (Å²) < 4.78 is 32.1. The summed E-state index contributed by atoms with van der Waals surface area (Å²) in [6.45, 7) is 8.45. The fourth-order valence-corrected chi connectivity index (χ4v) is 3.86. The Morgan fingerprint density at radius 2 is 1.83 bits per heavy atom. The fraction of sp³-hybridized carbons (Fsp3) is 0.579. The zero-order valence-corrected chi connectivity index (χ0v) is 14.8. The molecule has 2 atom stereocenters. The topological polar surface area (TPSA) is 27.7 Å². The first-order chi connectivity index (χ1) is 11.3. The SMILES string of the molecule is CC1(C)OB(C(F)=CC2CC23CCOc2ccccc23)OC1(C)C. The van der Waals surface area contributed by atoms with E-state index in [9.17, 15) is 4.39 Å². The molecule has 0 bridgehead atoms. The van der Waals surface area contributed by atoms with Crippen LogP contribution in [0.2, 0.25) is 0 Å². The molecule has 1 aromatic rings. The van der Waals surface area contributed by atoms with E-state index in [0.29, 0.717) is 6.61 Å². The van der Waals surface area contributed by atoms with E-state index >= 15 is 0 Å². The van der Waals surface area contributed by atoms with Gasteiger partial charge < -0.3 is 14.0 Å². The van der Waals surface area contributed by atoms with Gasteiger partial charge in [-0.3, -0.25) is 0 Å². The fourth-order valence-electron chi connectivity index (χ4n) is 3.86. The Labute approximate surface area is 143 Å². The van der Waals surface area contributed by atoms with Crippen LogP contribution >= 0.6 is 0 Å². The number of benzene rings is 1. The molecular formula is C19H24BFO3. The van der Waals surface area contributed by atoms with Gasteiger partial charge in [0, 0.05) is 11.0 Å². The second-order valence-electron chi connectivity index (χ2n) is 8.20. The number of rotatable bonds is 2. The van der Waals surface area contributed by atoms with Gasteiger partial charge in [-0.1, -0.05) is 24.3 Å². The zero-order chi connectivity index (χ0) is 17.2. The Balaban J connectivity index is 1.55. The lowest BCUT2D eigenvalue weighted by Crippen LogP contribution is -2.41. The first-order valence-corrected chi connectivity index (χ1v) is 8.70. The molecule has 0 aromatic heterocycles. The summed E-state index contributed by atoms with van der Waals surface area (Å²) in [5.41, 5.74) is -0.112. The minimum absolute atomic E-state index is 0.0236. The highest BCUT2D eigenvalue weighted by Crippen LogP contribution is 2.61. The van der Waals surface area contributed by atoms with Gasteiger partial charge in [0.25, 0.3) is 0 Å². The number of hydrogen-bond donors (Lipinski definition) is 0. The van der Waals surface area contributed by atoms with Gasteiger partial charge >= 0.3 is 7.12 Å². The van der Waals surface area contributed by atoms with Gasteiger partial charge in [-0.05, 0) is 52.5 Å². The largest absolute Gasteiger partial charge is 0.524 e. The number of allylic oxidation sites excluding steroid dienone is 1. The second kappa shape index (κ2) is 5.09. The average Bonchev–Trinajstić information content (AvgIpc) is 3.12. The molecule has 0 radical (unpaired) electrons. The van der Waals surface area contributed by atoms with Crippen molar-refractivity contribution in [2.45, 2.75) is 57.2 Å². The van der Waals surface area contributed by atoms with Crippen LogP contribution in [0.4, 0.5) is 4.39 Å². The van der Waals surface area contributed by atoms with Crippen LogP contribution in [-0.2, 0) is 14.7 Å². The molecular weight excluding hydrogens is 306 g/mol. The van der Waals surface area contributed by atoms with Crippen molar-refractivity contribution in [3.63, 3.8) is 0 Å². The van der Waals surface area contributed by atoms with Crippen molar-refractivity contribution in [3.8, 4) is 5.75 Å². The highest BCUT2D eigenvalue weighted by Gasteiger charge is 2.58. The summed E-state index contributed by atoms with van der Waals surface area (Å²) in [5, 5.41) is 0. The van der Waals surface area contributed by atoms with Crippen LogP contribution in [0.25, 0.3) is 0 Å². The number of ether oxygens (including phenoxy) is 1. The molecule has 1 saturated heterocycles. The van der Waals surface area contributed by atoms with Crippen LogP contribution in [0, 0.1) is 5.92 Å². The van der Waals surface area contributed by atoms with Crippen molar-refractivity contribution in [2.75, 3.05) is 6.61 Å². The lowest BCUT2D eigenvalue weighted by molar-refractivity contribution is 0.00578. The van der Waals surface area contributed by atoms with E-state index in [1.165, 1.54) is 5.56 Å². The van der Waals surface area contributed by atoms with E-state index in [0.717, 1.165) is 18.6 Å². The Morgan fingerprint density at radius 1 is 1.17 bits per heavy atom. The molecule has 2 fully saturated rings. The monoisotopic (exact) mass is 330 g/mol. The van der Waals surface area contributed by atoms with E-state index in [1.807, 2.05) is 45.9 Å². The molecule has 1 spiro atoms. The molecule has 1 saturated carbocycles. The van der Waals surface area contributed by atoms with Crippen LogP contribution < -0.4 is 4.74 Å². The van der Waals surface area contributed by atoms with Crippen molar-refractivity contribution in [1.29, 1.82) is 0 Å². The molecule has 2 heterocycles. The van der Waals surface area contributed by atoms with Gasteiger partial charge in [0.15, 0.2) is 0 Å². The maximum Gasteiger partial charge on any atom is 0.524 e. The maximum absolute atomic E-state index is 14.8. The minimum Gasteiger partial charge on any atom is -0.493 e. The van der Waals surface area contributed by atoms with Gasteiger partial charge in [0.05, 0.1) is 17.8 Å².